The highest BCUT2D eigenvalue weighted by atomic mass is 32.2. The number of hydrogen-bond acceptors (Lipinski definition) is 2. The van der Waals surface area contributed by atoms with Crippen LogP contribution >= 0.6 is 0 Å². The van der Waals surface area contributed by atoms with Crippen molar-refractivity contribution in [2.24, 2.45) is 4.99 Å². The molecule has 1 aliphatic heterocycles. The van der Waals surface area contributed by atoms with E-state index in [9.17, 15) is 8.42 Å². The molecular weight excluding hydrogens is 318 g/mol. The molecule has 1 aliphatic rings. The molecule has 4 heteroatoms. The molecule has 0 bridgehead atoms. The van der Waals surface area contributed by atoms with Crippen molar-refractivity contribution in [3.8, 4) is 11.1 Å². The minimum atomic E-state index is -2.39. The van der Waals surface area contributed by atoms with E-state index in [0.29, 0.717) is 10.9 Å². The Morgan fingerprint density at radius 1 is 0.667 bits per heavy atom. The fourth-order valence-corrected chi connectivity index (χ4v) is 3.50. The van der Waals surface area contributed by atoms with Crippen molar-refractivity contribution >= 4 is 20.9 Å². The first-order valence-electron chi connectivity index (χ1n) is 7.54. The summed E-state index contributed by atoms with van der Waals surface area (Å²) < 4.78 is 23.3. The fourth-order valence-electron chi connectivity index (χ4n) is 2.93. The van der Waals surface area contributed by atoms with Gasteiger partial charge in [-0.25, -0.2) is 4.99 Å². The molecule has 0 amide bonds. The highest BCUT2D eigenvalue weighted by Crippen LogP contribution is 2.19. The van der Waals surface area contributed by atoms with Crippen molar-refractivity contribution in [3.05, 3.63) is 95.0 Å². The summed E-state index contributed by atoms with van der Waals surface area (Å²) >= 11 is 0. The molecule has 0 aliphatic carbocycles. The van der Waals surface area contributed by atoms with Gasteiger partial charge < -0.3 is 0 Å². The monoisotopic (exact) mass is 331 g/mol. The highest BCUT2D eigenvalue weighted by Gasteiger charge is 2.18. The van der Waals surface area contributed by atoms with E-state index in [1.807, 2.05) is 78.9 Å². The maximum absolute atomic E-state index is 11.7. The molecule has 24 heavy (non-hydrogen) atoms. The second-order valence-corrected chi connectivity index (χ2v) is 6.35. The topological polar surface area (TPSA) is 46.5 Å². The van der Waals surface area contributed by atoms with E-state index < -0.39 is 10.3 Å². The second-order valence-electron chi connectivity index (χ2n) is 5.49. The van der Waals surface area contributed by atoms with E-state index >= 15 is 0 Å². The van der Waals surface area contributed by atoms with Crippen LogP contribution in [0.15, 0.2) is 83.9 Å². The first kappa shape index (κ1) is 14.6. The lowest BCUT2D eigenvalue weighted by atomic mass is 10.0. The van der Waals surface area contributed by atoms with Crippen LogP contribution in [-0.4, -0.2) is 13.4 Å². The first-order valence-corrected chi connectivity index (χ1v) is 8.62. The third-order valence-corrected chi connectivity index (χ3v) is 4.64. The molecule has 0 saturated heterocycles. The van der Waals surface area contributed by atoms with Crippen LogP contribution in [0.1, 0.15) is 5.56 Å². The molecule has 3 nitrogen and oxygen atoms in total. The molecule has 4 rings (SSSR count). The minimum Gasteiger partial charge on any atom is -0.231 e. The van der Waals surface area contributed by atoms with Gasteiger partial charge in [0.1, 0.15) is 0 Å². The number of nitrogens with zero attached hydrogens (tertiary/aromatic N) is 1. The Morgan fingerprint density at radius 3 is 1.92 bits per heavy atom. The van der Waals surface area contributed by atoms with E-state index in [1.165, 1.54) is 0 Å². The minimum absolute atomic E-state index is 0.0985. The van der Waals surface area contributed by atoms with Crippen molar-refractivity contribution < 1.29 is 8.42 Å². The van der Waals surface area contributed by atoms with Crippen LogP contribution < -0.4 is 10.6 Å². The lowest BCUT2D eigenvalue weighted by molar-refractivity contribution is 0.627. The van der Waals surface area contributed by atoms with Crippen molar-refractivity contribution in [1.82, 2.24) is 0 Å². The van der Waals surface area contributed by atoms with Gasteiger partial charge in [-0.05, 0) is 28.8 Å². The van der Waals surface area contributed by atoms with Crippen molar-refractivity contribution in [2.75, 3.05) is 0 Å². The Labute approximate surface area is 140 Å². The average Bonchev–Trinajstić information content (AvgIpc) is 3.02. The largest absolute Gasteiger partial charge is 0.240 e. The Hall–Kier alpha value is -2.98. The van der Waals surface area contributed by atoms with Crippen molar-refractivity contribution in [2.45, 2.75) is 0 Å². The molecule has 0 N–H and O–H groups in total. The Kier molecular flexibility index (Phi) is 3.59. The Bertz CT molecular complexity index is 1170. The predicted octanol–water partition coefficient (Wildman–Crippen LogP) is 2.19. The van der Waals surface area contributed by atoms with E-state index in [2.05, 4.69) is 4.99 Å². The standard InChI is InChI=1S/C20H13NO2S/c22-24(23)20-19(15-9-5-2-6-10-15)17-13-16(11-12-18(17)21-20)14-7-3-1-4-8-14/h1-13H. The first-order chi connectivity index (χ1) is 11.7. The third kappa shape index (κ3) is 2.47. The van der Waals surface area contributed by atoms with Gasteiger partial charge in [0.25, 0.3) is 0 Å². The summed E-state index contributed by atoms with van der Waals surface area (Å²) in [5.74, 6) is 0. The molecule has 0 radical (unpaired) electrons. The van der Waals surface area contributed by atoms with Crippen LogP contribution in [0.5, 0.6) is 0 Å². The Morgan fingerprint density at radius 2 is 1.29 bits per heavy atom. The molecule has 0 aromatic heterocycles. The van der Waals surface area contributed by atoms with Gasteiger partial charge in [0.05, 0.1) is 5.36 Å². The van der Waals surface area contributed by atoms with Crippen molar-refractivity contribution in [3.63, 3.8) is 0 Å². The zero-order valence-corrected chi connectivity index (χ0v) is 13.5. The smallest absolute Gasteiger partial charge is 0.231 e. The summed E-state index contributed by atoms with van der Waals surface area (Å²) in [6.45, 7) is 0. The molecular formula is C20H13NO2S. The van der Waals surface area contributed by atoms with Crippen LogP contribution in [0.2, 0.25) is 0 Å². The quantitative estimate of drug-likeness (QED) is 0.676. The van der Waals surface area contributed by atoms with Gasteiger partial charge in [-0.15, -0.1) is 0 Å². The van der Waals surface area contributed by atoms with Gasteiger partial charge in [0, 0.05) is 10.8 Å². The molecule has 116 valence electrons. The lowest BCUT2D eigenvalue weighted by Gasteiger charge is -2.03. The molecule has 3 aromatic rings. The van der Waals surface area contributed by atoms with Gasteiger partial charge in [-0.2, -0.15) is 8.42 Å². The normalized spacial score (nSPS) is 12.7. The summed E-state index contributed by atoms with van der Waals surface area (Å²) in [6, 6.07) is 25.4. The highest BCUT2D eigenvalue weighted by molar-refractivity contribution is 7.74. The third-order valence-electron chi connectivity index (χ3n) is 4.03. The van der Waals surface area contributed by atoms with Crippen LogP contribution in [-0.2, 0) is 10.3 Å². The number of benzene rings is 3. The van der Waals surface area contributed by atoms with E-state index in [-0.39, 0.29) is 4.99 Å². The van der Waals surface area contributed by atoms with Gasteiger partial charge in [0.2, 0.25) is 10.3 Å². The molecule has 1 heterocycles. The SMILES string of the molecule is O=S(=O)=C1N=c2ccc(-c3ccccc3)cc2=C1c1ccccc1. The number of fused-ring (bicyclic) bond motifs is 1. The second kappa shape index (κ2) is 5.91. The van der Waals surface area contributed by atoms with E-state index in [0.717, 1.165) is 21.9 Å². The zero-order valence-electron chi connectivity index (χ0n) is 12.7. The van der Waals surface area contributed by atoms with Crippen LogP contribution in [0.25, 0.3) is 16.7 Å². The van der Waals surface area contributed by atoms with Gasteiger partial charge in [-0.3, -0.25) is 0 Å². The zero-order chi connectivity index (χ0) is 16.5. The van der Waals surface area contributed by atoms with E-state index in [4.69, 9.17) is 0 Å². The summed E-state index contributed by atoms with van der Waals surface area (Å²) in [7, 11) is -2.39. The lowest BCUT2D eigenvalue weighted by Crippen LogP contribution is -2.23. The molecule has 0 saturated carbocycles. The average molecular weight is 331 g/mol. The molecule has 3 aromatic carbocycles. The molecule has 0 spiro atoms. The summed E-state index contributed by atoms with van der Waals surface area (Å²) in [5, 5.41) is 1.54. The maximum Gasteiger partial charge on any atom is 0.240 e. The fraction of sp³-hybridized carbons (Fsp3) is 0. The van der Waals surface area contributed by atoms with Gasteiger partial charge >= 0.3 is 0 Å². The predicted molar refractivity (Wildman–Crippen MR) is 95.5 cm³/mol. The van der Waals surface area contributed by atoms with Crippen LogP contribution in [0.4, 0.5) is 0 Å². The summed E-state index contributed by atoms with van der Waals surface area (Å²) in [5.41, 5.74) is 3.64. The van der Waals surface area contributed by atoms with Gasteiger partial charge in [-0.1, -0.05) is 66.7 Å². The maximum atomic E-state index is 11.7. The molecule has 0 unspecified atom stereocenters. The molecule has 0 atom stereocenters. The van der Waals surface area contributed by atoms with Crippen LogP contribution in [0, 0.1) is 0 Å². The Balaban J connectivity index is 2.08. The van der Waals surface area contributed by atoms with Gasteiger partial charge in [0.15, 0.2) is 4.99 Å². The van der Waals surface area contributed by atoms with Crippen molar-refractivity contribution in [1.29, 1.82) is 0 Å². The number of rotatable bonds is 2. The summed E-state index contributed by atoms with van der Waals surface area (Å²) in [6.07, 6.45) is 0. The number of hydrogen-bond donors (Lipinski definition) is 0. The van der Waals surface area contributed by atoms with Crippen LogP contribution in [0.3, 0.4) is 0 Å². The van der Waals surface area contributed by atoms with E-state index in [1.54, 1.807) is 0 Å². The molecule has 0 fully saturated rings. The summed E-state index contributed by atoms with van der Waals surface area (Å²) in [4.78, 5) is 4.41.